The molecule has 0 aliphatic heterocycles. The van der Waals surface area contributed by atoms with E-state index in [1.165, 1.54) is 0 Å². The van der Waals surface area contributed by atoms with E-state index in [-0.39, 0.29) is 5.82 Å². The Labute approximate surface area is 131 Å². The maximum Gasteiger partial charge on any atom is 0.433 e. The van der Waals surface area contributed by atoms with Gasteiger partial charge in [-0.25, -0.2) is 4.98 Å². The molecule has 0 fully saturated rings. The van der Waals surface area contributed by atoms with Crippen LogP contribution in [0.15, 0.2) is 41.3 Å². The van der Waals surface area contributed by atoms with Gasteiger partial charge in [-0.2, -0.15) is 13.2 Å². The van der Waals surface area contributed by atoms with Crippen LogP contribution in [0, 0.1) is 10.1 Å². The normalized spacial score (nSPS) is 11.1. The molecule has 0 aromatic carbocycles. The fourth-order valence-electron chi connectivity index (χ4n) is 1.75. The Morgan fingerprint density at radius 1 is 1.29 bits per heavy atom. The third kappa shape index (κ3) is 4.15. The monoisotopic (exact) mass is 342 g/mol. The Balaban J connectivity index is 2.16. The van der Waals surface area contributed by atoms with Crippen LogP contribution in [0.25, 0.3) is 0 Å². The first-order chi connectivity index (χ1) is 11.2. The molecule has 1 N–H and O–H groups in total. The fraction of sp³-hybridized carbons (Fsp3) is 0.154. The van der Waals surface area contributed by atoms with Gasteiger partial charge in [-0.1, -0.05) is 6.07 Å². The van der Waals surface area contributed by atoms with Crippen LogP contribution >= 0.6 is 0 Å². The summed E-state index contributed by atoms with van der Waals surface area (Å²) in [7, 11) is 0. The number of nitrogens with one attached hydrogen (secondary N) is 1. The van der Waals surface area contributed by atoms with E-state index < -0.39 is 40.5 Å². The van der Waals surface area contributed by atoms with Gasteiger partial charge >= 0.3 is 6.18 Å². The van der Waals surface area contributed by atoms with Gasteiger partial charge < -0.3 is 5.32 Å². The van der Waals surface area contributed by atoms with Gasteiger partial charge in [0.2, 0.25) is 5.91 Å². The van der Waals surface area contributed by atoms with Crippen molar-refractivity contribution < 1.29 is 22.9 Å². The van der Waals surface area contributed by atoms with Crippen molar-refractivity contribution in [1.29, 1.82) is 0 Å². The average molecular weight is 342 g/mol. The first-order valence-electron chi connectivity index (χ1n) is 6.36. The maximum absolute atomic E-state index is 12.5. The molecule has 2 aromatic heterocycles. The highest BCUT2D eigenvalue weighted by molar-refractivity contribution is 5.89. The lowest BCUT2D eigenvalue weighted by atomic mass is 10.3. The van der Waals surface area contributed by atoms with Crippen LogP contribution in [0.4, 0.5) is 24.7 Å². The van der Waals surface area contributed by atoms with Crippen molar-refractivity contribution in [3.05, 3.63) is 62.7 Å². The number of hydrogen-bond donors (Lipinski definition) is 1. The summed E-state index contributed by atoms with van der Waals surface area (Å²) in [6.07, 6.45) is -3.81. The second-order valence-electron chi connectivity index (χ2n) is 4.56. The fourth-order valence-corrected chi connectivity index (χ4v) is 1.75. The number of nitrogens with zero attached hydrogens (tertiary/aromatic N) is 3. The number of carbonyl (C=O) groups is 1. The van der Waals surface area contributed by atoms with Gasteiger partial charge in [-0.05, 0) is 12.1 Å². The van der Waals surface area contributed by atoms with E-state index in [1.807, 2.05) is 0 Å². The highest BCUT2D eigenvalue weighted by atomic mass is 19.4. The third-order valence-electron chi connectivity index (χ3n) is 2.80. The highest BCUT2D eigenvalue weighted by Gasteiger charge is 2.32. The minimum absolute atomic E-state index is 0.353. The summed E-state index contributed by atoms with van der Waals surface area (Å²) in [5, 5.41) is 12.7. The van der Waals surface area contributed by atoms with Gasteiger partial charge in [0.1, 0.15) is 18.1 Å². The summed E-state index contributed by atoms with van der Waals surface area (Å²) in [6.45, 7) is -0.613. The molecule has 0 radical (unpaired) electrons. The molecule has 0 bridgehead atoms. The van der Waals surface area contributed by atoms with Crippen LogP contribution in [0.3, 0.4) is 0 Å². The van der Waals surface area contributed by atoms with Gasteiger partial charge in [0.25, 0.3) is 11.2 Å². The van der Waals surface area contributed by atoms with Crippen LogP contribution < -0.4 is 10.9 Å². The molecular formula is C13H9F3N4O4. The molecule has 0 saturated carbocycles. The molecule has 0 unspecified atom stereocenters. The Morgan fingerprint density at radius 3 is 2.62 bits per heavy atom. The van der Waals surface area contributed by atoms with Crippen molar-refractivity contribution in [3.8, 4) is 0 Å². The molecule has 2 heterocycles. The SMILES string of the molecule is O=C(Cn1cc([N+](=O)[O-])ccc1=O)Nc1cccc(C(F)(F)F)n1. The first-order valence-corrected chi connectivity index (χ1v) is 6.36. The van der Waals surface area contributed by atoms with Crippen molar-refractivity contribution in [2.75, 3.05) is 5.32 Å². The Hall–Kier alpha value is -3.24. The van der Waals surface area contributed by atoms with Crippen LogP contribution in [0.2, 0.25) is 0 Å². The van der Waals surface area contributed by atoms with Crippen LogP contribution in [0.5, 0.6) is 0 Å². The summed E-state index contributed by atoms with van der Waals surface area (Å²) in [4.78, 5) is 36.5. The molecule has 2 aromatic rings. The number of carbonyl (C=O) groups excluding carboxylic acids is 1. The van der Waals surface area contributed by atoms with E-state index in [0.717, 1.165) is 41.1 Å². The van der Waals surface area contributed by atoms with E-state index >= 15 is 0 Å². The lowest BCUT2D eigenvalue weighted by Gasteiger charge is -2.09. The number of anilines is 1. The lowest BCUT2D eigenvalue weighted by Crippen LogP contribution is -2.27. The number of rotatable bonds is 4. The van der Waals surface area contributed by atoms with Crippen molar-refractivity contribution in [1.82, 2.24) is 9.55 Å². The second kappa shape index (κ2) is 6.48. The van der Waals surface area contributed by atoms with Crippen LogP contribution in [-0.2, 0) is 17.5 Å². The third-order valence-corrected chi connectivity index (χ3v) is 2.80. The van der Waals surface area contributed by atoms with Gasteiger partial charge in [0, 0.05) is 12.1 Å². The number of halogens is 3. The standard InChI is InChI=1S/C13H9F3N4O4/c14-13(15,16)9-2-1-3-10(17-9)18-11(21)7-19-6-8(20(23)24)4-5-12(19)22/h1-6H,7H2,(H,17,18,21). The lowest BCUT2D eigenvalue weighted by molar-refractivity contribution is -0.385. The Kier molecular flexibility index (Phi) is 4.62. The maximum atomic E-state index is 12.5. The molecule has 8 nitrogen and oxygen atoms in total. The van der Waals surface area contributed by atoms with Crippen molar-refractivity contribution in [2.24, 2.45) is 0 Å². The number of pyridine rings is 2. The van der Waals surface area contributed by atoms with Crippen LogP contribution in [-0.4, -0.2) is 20.4 Å². The quantitative estimate of drug-likeness (QED) is 0.673. The summed E-state index contributed by atoms with van der Waals surface area (Å²) in [5.74, 6) is -1.21. The molecule has 0 spiro atoms. The van der Waals surface area contributed by atoms with E-state index in [0.29, 0.717) is 0 Å². The zero-order valence-electron chi connectivity index (χ0n) is 11.8. The van der Waals surface area contributed by atoms with Crippen molar-refractivity contribution >= 4 is 17.4 Å². The zero-order chi connectivity index (χ0) is 17.9. The number of hydrogen-bond acceptors (Lipinski definition) is 5. The van der Waals surface area contributed by atoms with Gasteiger partial charge in [-0.3, -0.25) is 24.3 Å². The largest absolute Gasteiger partial charge is 0.433 e. The second-order valence-corrected chi connectivity index (χ2v) is 4.56. The molecule has 0 atom stereocenters. The molecule has 11 heteroatoms. The first kappa shape index (κ1) is 17.1. The summed E-state index contributed by atoms with van der Waals surface area (Å²) >= 11 is 0. The van der Waals surface area contributed by atoms with Gasteiger partial charge in [-0.15, -0.1) is 0 Å². The van der Waals surface area contributed by atoms with E-state index in [9.17, 15) is 32.9 Å². The molecular weight excluding hydrogens is 333 g/mol. The summed E-state index contributed by atoms with van der Waals surface area (Å²) < 4.78 is 38.4. The van der Waals surface area contributed by atoms with Gasteiger partial charge in [0.05, 0.1) is 11.1 Å². The molecule has 126 valence electrons. The van der Waals surface area contributed by atoms with Crippen LogP contribution in [0.1, 0.15) is 5.69 Å². The van der Waals surface area contributed by atoms with Gasteiger partial charge in [0.15, 0.2) is 0 Å². The van der Waals surface area contributed by atoms with Crippen molar-refractivity contribution in [3.63, 3.8) is 0 Å². The number of alkyl halides is 3. The molecule has 0 aliphatic carbocycles. The molecule has 24 heavy (non-hydrogen) atoms. The topological polar surface area (TPSA) is 107 Å². The molecule has 1 amide bonds. The minimum Gasteiger partial charge on any atom is -0.309 e. The summed E-state index contributed by atoms with van der Waals surface area (Å²) in [6, 6.07) is 4.83. The number of aromatic nitrogens is 2. The number of amides is 1. The van der Waals surface area contributed by atoms with E-state index in [2.05, 4.69) is 10.3 Å². The summed E-state index contributed by atoms with van der Waals surface area (Å²) in [5.41, 5.74) is -2.26. The Morgan fingerprint density at radius 2 is 2.00 bits per heavy atom. The molecule has 0 aliphatic rings. The Bertz CT molecular complexity index is 848. The van der Waals surface area contributed by atoms with E-state index in [1.54, 1.807) is 0 Å². The zero-order valence-corrected chi connectivity index (χ0v) is 11.8. The predicted octanol–water partition coefficient (Wildman–Crippen LogP) is 1.81. The smallest absolute Gasteiger partial charge is 0.309 e. The molecule has 2 rings (SSSR count). The minimum atomic E-state index is -4.67. The van der Waals surface area contributed by atoms with Crippen molar-refractivity contribution in [2.45, 2.75) is 12.7 Å². The highest BCUT2D eigenvalue weighted by Crippen LogP contribution is 2.28. The van der Waals surface area contributed by atoms with E-state index in [4.69, 9.17) is 0 Å². The molecule has 0 saturated heterocycles. The average Bonchev–Trinajstić information content (AvgIpc) is 2.48. The predicted molar refractivity (Wildman–Crippen MR) is 75.2 cm³/mol. The number of nitro groups is 1.